The first-order valence-corrected chi connectivity index (χ1v) is 11.8. The van der Waals surface area contributed by atoms with Crippen LogP contribution in [0.4, 0.5) is 0 Å². The molecule has 3 aromatic rings. The van der Waals surface area contributed by atoms with E-state index in [0.717, 1.165) is 22.0 Å². The van der Waals surface area contributed by atoms with Crippen molar-refractivity contribution >= 4 is 29.8 Å². The van der Waals surface area contributed by atoms with E-state index < -0.39 is 8.32 Å². The van der Waals surface area contributed by atoms with Crippen LogP contribution in [0.1, 0.15) is 36.5 Å². The lowest BCUT2D eigenvalue weighted by Crippen LogP contribution is -2.70. The molecule has 0 aliphatic rings. The van der Waals surface area contributed by atoms with E-state index in [-0.39, 0.29) is 5.97 Å². The quantitative estimate of drug-likeness (QED) is 0.473. The lowest BCUT2D eigenvalue weighted by molar-refractivity contribution is -0.134. The molecule has 0 heterocycles. The summed E-state index contributed by atoms with van der Waals surface area (Å²) in [6.45, 7) is 8.24. The van der Waals surface area contributed by atoms with E-state index in [2.05, 4.69) is 93.6 Å². The minimum Gasteiger partial charge on any atom is -0.506 e. The number of benzene rings is 3. The van der Waals surface area contributed by atoms with Crippen LogP contribution >= 0.6 is 0 Å². The fourth-order valence-electron chi connectivity index (χ4n) is 3.47. The minimum atomic E-state index is -2.94. The maximum absolute atomic E-state index is 12.8. The van der Waals surface area contributed by atoms with Gasteiger partial charge >= 0.3 is 8.32 Å². The molecule has 0 aliphatic carbocycles. The third-order valence-corrected chi connectivity index (χ3v) is 9.07. The lowest BCUT2D eigenvalue weighted by Gasteiger charge is -2.32. The van der Waals surface area contributed by atoms with Gasteiger partial charge in [0.2, 0.25) is 0 Å². The predicted octanol–water partition coefficient (Wildman–Crippen LogP) is 3.92. The van der Waals surface area contributed by atoms with Crippen LogP contribution in [-0.4, -0.2) is 14.3 Å². The summed E-state index contributed by atoms with van der Waals surface area (Å²) in [6.07, 6.45) is 1.21. The van der Waals surface area contributed by atoms with Gasteiger partial charge in [-0.3, -0.25) is 4.79 Å². The van der Waals surface area contributed by atoms with Crippen LogP contribution in [0, 0.1) is 20.8 Å². The Morgan fingerprint density at radius 1 is 0.679 bits per heavy atom. The second kappa shape index (κ2) is 8.57. The average molecular weight is 389 g/mol. The Hall–Kier alpha value is -2.65. The Kier molecular flexibility index (Phi) is 6.15. The minimum absolute atomic E-state index is 0.129. The number of hydrogen-bond donors (Lipinski definition) is 0. The van der Waals surface area contributed by atoms with Crippen molar-refractivity contribution in [1.29, 1.82) is 0 Å². The second-order valence-corrected chi connectivity index (χ2v) is 10.8. The fourth-order valence-corrected chi connectivity index (χ4v) is 7.17. The number of aryl methyl sites for hydroxylation is 3. The molecule has 0 amide bonds. The molecule has 0 aliphatic heterocycles. The van der Waals surface area contributed by atoms with E-state index in [1.807, 2.05) is 6.92 Å². The topological polar surface area (TPSA) is 26.3 Å². The molecule has 0 spiro atoms. The summed E-state index contributed by atoms with van der Waals surface area (Å²) in [7, 11) is -2.94. The standard InChI is InChI=1S/C25H28O2Si/c1-5-6-25(26)27-28(22-13-7-19(2)8-14-22,23-15-9-20(3)10-16-23)24-17-11-21(4)12-18-24/h7-18H,5-6H2,1-4H3. The predicted molar refractivity (Wildman–Crippen MR) is 119 cm³/mol. The van der Waals surface area contributed by atoms with Gasteiger partial charge in [-0.2, -0.15) is 0 Å². The Balaban J connectivity index is 2.29. The number of rotatable bonds is 6. The van der Waals surface area contributed by atoms with Gasteiger partial charge in [0, 0.05) is 6.42 Å². The first kappa shape index (κ1) is 20.1. The van der Waals surface area contributed by atoms with Crippen molar-refractivity contribution in [3.8, 4) is 0 Å². The summed E-state index contributed by atoms with van der Waals surface area (Å²) in [5, 5.41) is 3.28. The molecule has 0 fully saturated rings. The van der Waals surface area contributed by atoms with E-state index in [1.54, 1.807) is 0 Å². The molecule has 3 aromatic carbocycles. The molecule has 0 saturated carbocycles. The van der Waals surface area contributed by atoms with Crippen LogP contribution in [0.2, 0.25) is 0 Å². The molecule has 3 heteroatoms. The van der Waals surface area contributed by atoms with Crippen LogP contribution in [0.3, 0.4) is 0 Å². The van der Waals surface area contributed by atoms with Gasteiger partial charge < -0.3 is 4.43 Å². The summed E-state index contributed by atoms with van der Waals surface area (Å²) in [5.41, 5.74) is 3.58. The van der Waals surface area contributed by atoms with Gasteiger partial charge in [-0.15, -0.1) is 0 Å². The highest BCUT2D eigenvalue weighted by Gasteiger charge is 2.45. The van der Waals surface area contributed by atoms with Crippen LogP contribution in [0.5, 0.6) is 0 Å². The van der Waals surface area contributed by atoms with Crippen molar-refractivity contribution < 1.29 is 9.22 Å². The van der Waals surface area contributed by atoms with Crippen molar-refractivity contribution in [2.24, 2.45) is 0 Å². The van der Waals surface area contributed by atoms with E-state index in [1.165, 1.54) is 16.7 Å². The molecule has 3 rings (SSSR count). The normalized spacial score (nSPS) is 11.3. The second-order valence-electron chi connectivity index (χ2n) is 7.50. The number of carbonyl (C=O) groups excluding carboxylic acids is 1. The molecule has 144 valence electrons. The summed E-state index contributed by atoms with van der Waals surface area (Å²) in [6, 6.07) is 25.4. The van der Waals surface area contributed by atoms with Gasteiger partial charge in [-0.05, 0) is 42.8 Å². The third-order valence-electron chi connectivity index (χ3n) is 5.10. The first-order chi connectivity index (χ1) is 13.5. The highest BCUT2D eigenvalue weighted by molar-refractivity contribution is 7.07. The van der Waals surface area contributed by atoms with Gasteiger partial charge in [-0.25, -0.2) is 0 Å². The molecule has 0 unspecified atom stereocenters. The smallest absolute Gasteiger partial charge is 0.350 e. The lowest BCUT2D eigenvalue weighted by atomic mass is 10.2. The first-order valence-electron chi connectivity index (χ1n) is 9.89. The molecular formula is C25H28O2Si. The molecule has 0 N–H and O–H groups in total. The maximum Gasteiger partial charge on any atom is 0.350 e. The Morgan fingerprint density at radius 3 is 1.29 bits per heavy atom. The summed E-state index contributed by atoms with van der Waals surface area (Å²) in [4.78, 5) is 12.8. The zero-order valence-corrected chi connectivity index (χ0v) is 18.2. The molecule has 0 aromatic heterocycles. The van der Waals surface area contributed by atoms with Crippen molar-refractivity contribution in [3.05, 3.63) is 89.5 Å². The zero-order valence-electron chi connectivity index (χ0n) is 17.2. The largest absolute Gasteiger partial charge is 0.506 e. The van der Waals surface area contributed by atoms with Gasteiger partial charge in [0.05, 0.1) is 0 Å². The van der Waals surface area contributed by atoms with E-state index in [9.17, 15) is 4.79 Å². The molecule has 0 atom stereocenters. The zero-order chi connectivity index (χ0) is 20.1. The van der Waals surface area contributed by atoms with Crippen LogP contribution in [0.15, 0.2) is 72.8 Å². The van der Waals surface area contributed by atoms with Crippen LogP contribution < -0.4 is 15.6 Å². The summed E-state index contributed by atoms with van der Waals surface area (Å²) < 4.78 is 6.46. The molecule has 0 bridgehead atoms. The number of carbonyl (C=O) groups is 1. The Bertz CT molecular complexity index is 815. The van der Waals surface area contributed by atoms with Gasteiger partial charge in [-0.1, -0.05) is 96.4 Å². The van der Waals surface area contributed by atoms with E-state index in [0.29, 0.717) is 6.42 Å². The highest BCUT2D eigenvalue weighted by atomic mass is 28.4. The van der Waals surface area contributed by atoms with E-state index in [4.69, 9.17) is 4.43 Å². The SMILES string of the molecule is CCCC(=O)O[Si](c1ccc(C)cc1)(c1ccc(C)cc1)c1ccc(C)cc1. The van der Waals surface area contributed by atoms with Crippen molar-refractivity contribution in [3.63, 3.8) is 0 Å². The summed E-state index contributed by atoms with van der Waals surface area (Å²) >= 11 is 0. The van der Waals surface area contributed by atoms with Crippen molar-refractivity contribution in [1.82, 2.24) is 0 Å². The molecular weight excluding hydrogens is 360 g/mol. The monoisotopic (exact) mass is 388 g/mol. The van der Waals surface area contributed by atoms with Crippen molar-refractivity contribution in [2.75, 3.05) is 0 Å². The molecule has 2 nitrogen and oxygen atoms in total. The van der Waals surface area contributed by atoms with Crippen LogP contribution in [-0.2, 0) is 9.22 Å². The average Bonchev–Trinajstić information content (AvgIpc) is 2.68. The fraction of sp³-hybridized carbons (Fsp3) is 0.240. The molecule has 0 radical (unpaired) electrons. The Labute approximate surface area is 169 Å². The molecule has 0 saturated heterocycles. The van der Waals surface area contributed by atoms with Crippen molar-refractivity contribution in [2.45, 2.75) is 40.5 Å². The van der Waals surface area contributed by atoms with Gasteiger partial charge in [0.25, 0.3) is 5.97 Å². The van der Waals surface area contributed by atoms with Gasteiger partial charge in [0.15, 0.2) is 0 Å². The highest BCUT2D eigenvalue weighted by Crippen LogP contribution is 2.13. The Morgan fingerprint density at radius 2 is 1.00 bits per heavy atom. The van der Waals surface area contributed by atoms with Crippen LogP contribution in [0.25, 0.3) is 0 Å². The number of hydrogen-bond acceptors (Lipinski definition) is 2. The maximum atomic E-state index is 12.8. The summed E-state index contributed by atoms with van der Waals surface area (Å²) in [5.74, 6) is -0.129. The third kappa shape index (κ3) is 4.10. The van der Waals surface area contributed by atoms with E-state index >= 15 is 0 Å². The molecule has 28 heavy (non-hydrogen) atoms. The van der Waals surface area contributed by atoms with Gasteiger partial charge in [0.1, 0.15) is 0 Å².